The molecule has 1 N–H and O–H groups in total. The van der Waals surface area contributed by atoms with Crippen LogP contribution in [-0.2, 0) is 0 Å². The zero-order valence-electron chi connectivity index (χ0n) is 18.6. The molecule has 0 amide bonds. The summed E-state index contributed by atoms with van der Waals surface area (Å²) in [5.74, 6) is -9.37. The second kappa shape index (κ2) is 8.94. The first-order chi connectivity index (χ1) is 17.6. The van der Waals surface area contributed by atoms with Crippen molar-refractivity contribution in [2.75, 3.05) is 0 Å². The molecule has 5 aromatic rings. The van der Waals surface area contributed by atoms with Crippen molar-refractivity contribution in [3.8, 4) is 11.3 Å². The van der Waals surface area contributed by atoms with E-state index in [1.807, 2.05) is 0 Å². The number of carbonyl (C=O) groups excluding carboxylic acids is 1. The number of ketones is 1. The fourth-order valence-corrected chi connectivity index (χ4v) is 4.13. The van der Waals surface area contributed by atoms with Gasteiger partial charge in [-0.1, -0.05) is 36.4 Å². The third-order valence-corrected chi connectivity index (χ3v) is 6.03. The molecule has 1 atom stereocenters. The summed E-state index contributed by atoms with van der Waals surface area (Å²) in [5, 5.41) is 9.83. The van der Waals surface area contributed by atoms with E-state index in [1.165, 1.54) is 36.4 Å². The van der Waals surface area contributed by atoms with Gasteiger partial charge in [-0.2, -0.15) is 13.2 Å². The summed E-state index contributed by atoms with van der Waals surface area (Å²) in [6.07, 6.45) is -2.62. The number of Topliss-reactive ketones (excluding diaryl/α,β-unsaturated/α-hetero) is 1. The van der Waals surface area contributed by atoms with Crippen LogP contribution in [0.5, 0.6) is 0 Å². The van der Waals surface area contributed by atoms with Crippen LogP contribution in [0.1, 0.15) is 22.0 Å². The monoisotopic (exact) mass is 510 g/mol. The number of benzene rings is 4. The van der Waals surface area contributed by atoms with Crippen molar-refractivity contribution >= 4 is 27.5 Å². The SMILES string of the molecule is O=C(c1cc2c(=O)c(F)c(-c3ccc(F)cc3)oc2c2ccccc12)C(F)(F)C(O)c1ccc(F)cc1. The van der Waals surface area contributed by atoms with Gasteiger partial charge in [-0.25, -0.2) is 8.78 Å². The van der Waals surface area contributed by atoms with E-state index < -0.39 is 63.0 Å². The third kappa shape index (κ3) is 4.07. The van der Waals surface area contributed by atoms with Gasteiger partial charge in [0, 0.05) is 16.5 Å². The molecule has 37 heavy (non-hydrogen) atoms. The van der Waals surface area contributed by atoms with E-state index in [-0.39, 0.29) is 21.9 Å². The van der Waals surface area contributed by atoms with Crippen LogP contribution in [0.2, 0.25) is 0 Å². The van der Waals surface area contributed by atoms with Crippen LogP contribution < -0.4 is 5.43 Å². The Kier molecular flexibility index (Phi) is 5.88. The quantitative estimate of drug-likeness (QED) is 0.165. The molecule has 0 saturated heterocycles. The van der Waals surface area contributed by atoms with E-state index in [2.05, 4.69) is 0 Å². The maximum Gasteiger partial charge on any atom is 0.339 e. The Balaban J connectivity index is 1.72. The topological polar surface area (TPSA) is 67.5 Å². The largest absolute Gasteiger partial charge is 0.452 e. The molecule has 4 aromatic carbocycles. The molecule has 1 aromatic heterocycles. The van der Waals surface area contributed by atoms with Crippen molar-refractivity contribution in [3.63, 3.8) is 0 Å². The number of alkyl halides is 2. The van der Waals surface area contributed by atoms with Crippen molar-refractivity contribution in [1.29, 1.82) is 0 Å². The zero-order chi connectivity index (χ0) is 26.5. The molecule has 0 aliphatic rings. The second-order valence-corrected chi connectivity index (χ2v) is 8.33. The van der Waals surface area contributed by atoms with E-state index in [4.69, 9.17) is 4.42 Å². The van der Waals surface area contributed by atoms with Crippen molar-refractivity contribution in [2.24, 2.45) is 0 Å². The summed E-state index contributed by atoms with van der Waals surface area (Å²) < 4.78 is 77.7. The van der Waals surface area contributed by atoms with Gasteiger partial charge in [-0.05, 0) is 53.4 Å². The van der Waals surface area contributed by atoms with Gasteiger partial charge in [-0.3, -0.25) is 9.59 Å². The van der Waals surface area contributed by atoms with Gasteiger partial charge in [0.25, 0.3) is 0 Å². The number of rotatable bonds is 5. The van der Waals surface area contributed by atoms with Gasteiger partial charge >= 0.3 is 5.92 Å². The lowest BCUT2D eigenvalue weighted by molar-refractivity contribution is -0.0791. The summed E-state index contributed by atoms with van der Waals surface area (Å²) in [5.41, 5.74) is -2.37. The van der Waals surface area contributed by atoms with Crippen molar-refractivity contribution in [2.45, 2.75) is 12.0 Å². The van der Waals surface area contributed by atoms with Crippen LogP contribution in [0.25, 0.3) is 33.1 Å². The van der Waals surface area contributed by atoms with E-state index in [9.17, 15) is 23.5 Å². The smallest absolute Gasteiger partial charge is 0.339 e. The predicted octanol–water partition coefficient (Wildman–Crippen LogP) is 6.58. The molecule has 9 heteroatoms. The first-order valence-corrected chi connectivity index (χ1v) is 10.9. The van der Waals surface area contributed by atoms with Crippen LogP contribution in [0, 0.1) is 17.5 Å². The number of hydrogen-bond acceptors (Lipinski definition) is 4. The van der Waals surface area contributed by atoms with Crippen LogP contribution in [0.15, 0.2) is 88.1 Å². The van der Waals surface area contributed by atoms with E-state index >= 15 is 13.2 Å². The molecule has 186 valence electrons. The molecule has 1 heterocycles. The maximum absolute atomic E-state index is 15.2. The number of halogens is 5. The van der Waals surface area contributed by atoms with Crippen LogP contribution in [0.3, 0.4) is 0 Å². The lowest BCUT2D eigenvalue weighted by Gasteiger charge is -2.22. The Morgan fingerprint density at radius 1 is 0.811 bits per heavy atom. The first kappa shape index (κ1) is 24.3. The second-order valence-electron chi connectivity index (χ2n) is 8.33. The average Bonchev–Trinajstić information content (AvgIpc) is 2.90. The molecule has 0 spiro atoms. The number of carbonyl (C=O) groups is 1. The molecular formula is C28H15F5O4. The standard InChI is InChI=1S/C28H15F5O4/c29-16-9-5-14(6-10-16)24-22(31)23(34)21-13-20(18-3-1-2-4-19(18)25(21)37-24)27(36)28(32,33)26(35)15-7-11-17(30)12-8-15/h1-13,26,35H. The molecule has 0 aliphatic heterocycles. The van der Waals surface area contributed by atoms with Gasteiger partial charge in [0.1, 0.15) is 17.2 Å². The normalized spacial score (nSPS) is 12.7. The lowest BCUT2D eigenvalue weighted by Crippen LogP contribution is -2.36. The minimum Gasteiger partial charge on any atom is -0.452 e. The summed E-state index contributed by atoms with van der Waals surface area (Å²) in [7, 11) is 0. The number of aliphatic hydroxyl groups is 1. The Morgan fingerprint density at radius 2 is 1.38 bits per heavy atom. The van der Waals surface area contributed by atoms with Crippen molar-refractivity contribution < 1.29 is 36.3 Å². The first-order valence-electron chi connectivity index (χ1n) is 10.9. The highest BCUT2D eigenvalue weighted by Gasteiger charge is 2.48. The van der Waals surface area contributed by atoms with E-state index in [1.54, 1.807) is 0 Å². The minimum absolute atomic E-state index is 0.0363. The number of hydrogen-bond donors (Lipinski definition) is 1. The molecule has 0 saturated carbocycles. The third-order valence-electron chi connectivity index (χ3n) is 6.03. The van der Waals surface area contributed by atoms with Gasteiger partial charge in [0.15, 0.2) is 11.9 Å². The highest BCUT2D eigenvalue weighted by Crippen LogP contribution is 2.38. The molecule has 0 fully saturated rings. The van der Waals surface area contributed by atoms with E-state index in [0.29, 0.717) is 0 Å². The molecule has 0 aliphatic carbocycles. The Morgan fingerprint density at radius 3 is 2.00 bits per heavy atom. The molecule has 5 rings (SSSR count). The zero-order valence-corrected chi connectivity index (χ0v) is 18.6. The fourth-order valence-electron chi connectivity index (χ4n) is 4.13. The van der Waals surface area contributed by atoms with Gasteiger partial charge in [-0.15, -0.1) is 0 Å². The molecule has 0 radical (unpaired) electrons. The minimum atomic E-state index is -4.39. The van der Waals surface area contributed by atoms with E-state index in [0.717, 1.165) is 42.5 Å². The Labute approximate surface area is 205 Å². The van der Waals surface area contributed by atoms with Crippen molar-refractivity contribution in [3.05, 3.63) is 118 Å². The van der Waals surface area contributed by atoms with Gasteiger partial charge in [0.2, 0.25) is 17.0 Å². The van der Waals surface area contributed by atoms with Crippen LogP contribution >= 0.6 is 0 Å². The molecule has 0 bridgehead atoms. The number of fused-ring (bicyclic) bond motifs is 3. The highest BCUT2D eigenvalue weighted by molar-refractivity contribution is 6.18. The number of aliphatic hydroxyl groups excluding tert-OH is 1. The maximum atomic E-state index is 15.2. The fraction of sp³-hybridized carbons (Fsp3) is 0.0714. The summed E-state index contributed by atoms with van der Waals surface area (Å²) >= 11 is 0. The van der Waals surface area contributed by atoms with Crippen LogP contribution in [0.4, 0.5) is 22.0 Å². The van der Waals surface area contributed by atoms with Gasteiger partial charge in [0.05, 0.1) is 5.39 Å². The highest BCUT2D eigenvalue weighted by atomic mass is 19.3. The summed E-state index contributed by atoms with van der Waals surface area (Å²) in [6, 6.07) is 14.6. The lowest BCUT2D eigenvalue weighted by atomic mass is 9.91. The van der Waals surface area contributed by atoms with Gasteiger partial charge < -0.3 is 9.52 Å². The predicted molar refractivity (Wildman–Crippen MR) is 126 cm³/mol. The average molecular weight is 510 g/mol. The Hall–Kier alpha value is -4.37. The Bertz CT molecular complexity index is 1730. The molecule has 4 nitrogen and oxygen atoms in total. The summed E-state index contributed by atoms with van der Waals surface area (Å²) in [6.45, 7) is 0. The molecule has 1 unspecified atom stereocenters. The summed E-state index contributed by atoms with van der Waals surface area (Å²) in [4.78, 5) is 26.0. The molecular weight excluding hydrogens is 495 g/mol. The van der Waals surface area contributed by atoms with Crippen molar-refractivity contribution in [1.82, 2.24) is 0 Å². The van der Waals surface area contributed by atoms with Crippen LogP contribution in [-0.4, -0.2) is 16.8 Å².